The van der Waals surface area contributed by atoms with Crippen LogP contribution in [0.4, 0.5) is 0 Å². The standard InChI is InChI=1S/C9H16N2/c1-11-9-4-2-8(3-5-9)6-7-10/h8-9,11H,2-6H2,1H3/t8-,9+. The summed E-state index contributed by atoms with van der Waals surface area (Å²) in [5.74, 6) is 0.685. The normalized spacial score (nSPS) is 31.3. The predicted octanol–water partition coefficient (Wildman–Crippen LogP) is 1.68. The maximum absolute atomic E-state index is 8.48. The van der Waals surface area contributed by atoms with Crippen LogP contribution in [0.2, 0.25) is 0 Å². The molecule has 1 N–H and O–H groups in total. The van der Waals surface area contributed by atoms with E-state index < -0.39 is 0 Å². The number of hydrogen-bond acceptors (Lipinski definition) is 2. The van der Waals surface area contributed by atoms with Crippen LogP contribution in [0.3, 0.4) is 0 Å². The third-order valence-corrected chi connectivity index (χ3v) is 2.63. The molecule has 0 aliphatic heterocycles. The lowest BCUT2D eigenvalue weighted by Gasteiger charge is -2.26. The molecule has 2 heteroatoms. The summed E-state index contributed by atoms with van der Waals surface area (Å²) in [4.78, 5) is 0. The molecule has 0 aromatic carbocycles. The van der Waals surface area contributed by atoms with Crippen molar-refractivity contribution in [2.45, 2.75) is 38.1 Å². The summed E-state index contributed by atoms with van der Waals surface area (Å²) >= 11 is 0. The molecule has 0 saturated heterocycles. The van der Waals surface area contributed by atoms with Crippen molar-refractivity contribution < 1.29 is 0 Å². The molecule has 0 spiro atoms. The number of nitrogens with zero attached hydrogens (tertiary/aromatic N) is 1. The molecule has 0 aromatic heterocycles. The van der Waals surface area contributed by atoms with Gasteiger partial charge >= 0.3 is 0 Å². The lowest BCUT2D eigenvalue weighted by atomic mass is 9.84. The third-order valence-electron chi connectivity index (χ3n) is 2.63. The molecule has 1 saturated carbocycles. The SMILES string of the molecule is CN[C@H]1CC[C@@H](CC#N)CC1. The van der Waals surface area contributed by atoms with Crippen molar-refractivity contribution in [2.24, 2.45) is 5.92 Å². The fourth-order valence-corrected chi connectivity index (χ4v) is 1.78. The highest BCUT2D eigenvalue weighted by molar-refractivity contribution is 4.82. The van der Waals surface area contributed by atoms with Gasteiger partial charge in [0.15, 0.2) is 0 Å². The number of hydrogen-bond donors (Lipinski definition) is 1. The van der Waals surface area contributed by atoms with Crippen molar-refractivity contribution in [3.8, 4) is 6.07 Å². The van der Waals surface area contributed by atoms with Gasteiger partial charge in [-0.3, -0.25) is 0 Å². The molecule has 1 fully saturated rings. The summed E-state index contributed by atoms with van der Waals surface area (Å²) < 4.78 is 0. The summed E-state index contributed by atoms with van der Waals surface area (Å²) in [6.07, 6.45) is 5.74. The highest BCUT2D eigenvalue weighted by atomic mass is 14.9. The summed E-state index contributed by atoms with van der Waals surface area (Å²) in [5.41, 5.74) is 0. The zero-order valence-corrected chi connectivity index (χ0v) is 7.14. The van der Waals surface area contributed by atoms with Gasteiger partial charge in [-0.25, -0.2) is 0 Å². The van der Waals surface area contributed by atoms with Gasteiger partial charge in [-0.2, -0.15) is 5.26 Å². The molecule has 2 nitrogen and oxygen atoms in total. The van der Waals surface area contributed by atoms with Crippen LogP contribution in [0.25, 0.3) is 0 Å². The molecule has 11 heavy (non-hydrogen) atoms. The predicted molar refractivity (Wildman–Crippen MR) is 45.0 cm³/mol. The van der Waals surface area contributed by atoms with E-state index in [9.17, 15) is 0 Å². The van der Waals surface area contributed by atoms with Gasteiger partial charge in [0.25, 0.3) is 0 Å². The first-order valence-electron chi connectivity index (χ1n) is 4.41. The summed E-state index contributed by atoms with van der Waals surface area (Å²) in [5, 5.41) is 11.8. The van der Waals surface area contributed by atoms with Crippen LogP contribution < -0.4 is 5.32 Å². The van der Waals surface area contributed by atoms with E-state index in [4.69, 9.17) is 5.26 Å². The largest absolute Gasteiger partial charge is 0.317 e. The molecule has 0 unspecified atom stereocenters. The van der Waals surface area contributed by atoms with Crippen molar-refractivity contribution in [1.82, 2.24) is 5.32 Å². The average Bonchev–Trinajstić information content (AvgIpc) is 2.07. The van der Waals surface area contributed by atoms with E-state index in [1.165, 1.54) is 25.7 Å². The Labute approximate surface area is 68.6 Å². The van der Waals surface area contributed by atoms with Crippen molar-refractivity contribution in [1.29, 1.82) is 5.26 Å². The minimum absolute atomic E-state index is 0.685. The Kier molecular flexibility index (Phi) is 3.38. The van der Waals surface area contributed by atoms with E-state index >= 15 is 0 Å². The molecule has 1 aliphatic rings. The number of nitriles is 1. The van der Waals surface area contributed by atoms with Gasteiger partial charge in [0.1, 0.15) is 0 Å². The van der Waals surface area contributed by atoms with Crippen LogP contribution in [0.5, 0.6) is 0 Å². The number of rotatable bonds is 2. The lowest BCUT2D eigenvalue weighted by molar-refractivity contribution is 0.305. The Bertz CT molecular complexity index is 140. The van der Waals surface area contributed by atoms with E-state index in [0.29, 0.717) is 12.0 Å². The second-order valence-electron chi connectivity index (χ2n) is 3.37. The van der Waals surface area contributed by atoms with Crippen LogP contribution in [-0.2, 0) is 0 Å². The van der Waals surface area contributed by atoms with E-state index in [2.05, 4.69) is 11.4 Å². The molecule has 1 rings (SSSR count). The Morgan fingerprint density at radius 1 is 1.36 bits per heavy atom. The Morgan fingerprint density at radius 3 is 2.45 bits per heavy atom. The van der Waals surface area contributed by atoms with Crippen molar-refractivity contribution in [3.63, 3.8) is 0 Å². The minimum atomic E-state index is 0.685. The van der Waals surface area contributed by atoms with E-state index in [-0.39, 0.29) is 0 Å². The molecule has 1 aliphatic carbocycles. The van der Waals surface area contributed by atoms with Gasteiger partial charge in [-0.1, -0.05) is 0 Å². The number of nitrogens with one attached hydrogen (secondary N) is 1. The van der Waals surface area contributed by atoms with Crippen LogP contribution >= 0.6 is 0 Å². The average molecular weight is 152 g/mol. The van der Waals surface area contributed by atoms with E-state index in [1.807, 2.05) is 7.05 Å². The van der Waals surface area contributed by atoms with Crippen molar-refractivity contribution in [3.05, 3.63) is 0 Å². The zero-order chi connectivity index (χ0) is 8.10. The summed E-state index contributed by atoms with van der Waals surface area (Å²) in [7, 11) is 2.02. The molecule has 0 aromatic rings. The molecule has 62 valence electrons. The van der Waals surface area contributed by atoms with Gasteiger partial charge in [0, 0.05) is 12.5 Å². The first-order chi connectivity index (χ1) is 5.36. The maximum Gasteiger partial charge on any atom is 0.0624 e. The van der Waals surface area contributed by atoms with Crippen LogP contribution in [-0.4, -0.2) is 13.1 Å². The monoisotopic (exact) mass is 152 g/mol. The van der Waals surface area contributed by atoms with Gasteiger partial charge in [-0.05, 0) is 38.6 Å². The first-order valence-corrected chi connectivity index (χ1v) is 4.41. The smallest absolute Gasteiger partial charge is 0.0624 e. The lowest BCUT2D eigenvalue weighted by Crippen LogP contribution is -2.29. The topological polar surface area (TPSA) is 35.8 Å². The van der Waals surface area contributed by atoms with Crippen molar-refractivity contribution >= 4 is 0 Å². The van der Waals surface area contributed by atoms with Gasteiger partial charge in [0.2, 0.25) is 0 Å². The molecule has 0 heterocycles. The highest BCUT2D eigenvalue weighted by Gasteiger charge is 2.18. The van der Waals surface area contributed by atoms with E-state index in [0.717, 1.165) is 6.42 Å². The molecule has 0 atom stereocenters. The second-order valence-corrected chi connectivity index (χ2v) is 3.37. The van der Waals surface area contributed by atoms with Crippen LogP contribution in [0, 0.1) is 17.2 Å². The fraction of sp³-hybridized carbons (Fsp3) is 0.889. The molecule has 0 bridgehead atoms. The summed E-state index contributed by atoms with van der Waals surface area (Å²) in [6.45, 7) is 0. The Balaban J connectivity index is 2.20. The van der Waals surface area contributed by atoms with Gasteiger partial charge in [0.05, 0.1) is 6.07 Å². The van der Waals surface area contributed by atoms with Crippen LogP contribution in [0.15, 0.2) is 0 Å². The fourth-order valence-electron chi connectivity index (χ4n) is 1.78. The van der Waals surface area contributed by atoms with Crippen molar-refractivity contribution in [2.75, 3.05) is 7.05 Å². The second kappa shape index (κ2) is 4.35. The molecular weight excluding hydrogens is 136 g/mol. The highest BCUT2D eigenvalue weighted by Crippen LogP contribution is 2.25. The van der Waals surface area contributed by atoms with Gasteiger partial charge < -0.3 is 5.32 Å². The molecule has 0 amide bonds. The van der Waals surface area contributed by atoms with E-state index in [1.54, 1.807) is 0 Å². The Hall–Kier alpha value is -0.550. The molecular formula is C9H16N2. The minimum Gasteiger partial charge on any atom is -0.317 e. The Morgan fingerprint density at radius 2 is 2.00 bits per heavy atom. The molecule has 0 radical (unpaired) electrons. The summed E-state index contributed by atoms with van der Waals surface area (Å²) in [6, 6.07) is 2.96. The third kappa shape index (κ3) is 2.51. The first kappa shape index (κ1) is 8.55. The van der Waals surface area contributed by atoms with Gasteiger partial charge in [-0.15, -0.1) is 0 Å². The quantitative estimate of drug-likeness (QED) is 0.653. The van der Waals surface area contributed by atoms with Crippen LogP contribution in [0.1, 0.15) is 32.1 Å². The zero-order valence-electron chi connectivity index (χ0n) is 7.14. The maximum atomic E-state index is 8.48.